The lowest BCUT2D eigenvalue weighted by molar-refractivity contribution is -0.118. The number of halogens is 2. The Hall–Kier alpha value is -2.16. The largest absolute Gasteiger partial charge is 0.497 e. The summed E-state index contributed by atoms with van der Waals surface area (Å²) < 4.78 is 32.2. The number of carbonyl (C=O) groups is 1. The highest BCUT2D eigenvalue weighted by Gasteiger charge is 2.23. The van der Waals surface area contributed by atoms with Crippen molar-refractivity contribution in [1.29, 1.82) is 5.26 Å². The third-order valence-corrected chi connectivity index (χ3v) is 2.48. The van der Waals surface area contributed by atoms with Gasteiger partial charge in [0.2, 0.25) is 5.91 Å². The minimum Gasteiger partial charge on any atom is -0.497 e. The highest BCUT2D eigenvalue weighted by molar-refractivity contribution is 5.74. The zero-order chi connectivity index (χ0) is 13.7. The van der Waals surface area contributed by atoms with Crippen LogP contribution in [0.3, 0.4) is 0 Å². The molecule has 0 heterocycles. The Balaban J connectivity index is 3.19. The quantitative estimate of drug-likeness (QED) is 0.871. The summed E-state index contributed by atoms with van der Waals surface area (Å²) in [7, 11) is 1.28. The van der Waals surface area contributed by atoms with Gasteiger partial charge in [-0.3, -0.25) is 4.79 Å². The lowest BCUT2D eigenvalue weighted by atomic mass is 9.91. The Bertz CT molecular complexity index is 474. The maximum atomic E-state index is 13.7. The van der Waals surface area contributed by atoms with Gasteiger partial charge in [0.15, 0.2) is 0 Å². The van der Waals surface area contributed by atoms with E-state index in [-0.39, 0.29) is 24.2 Å². The van der Waals surface area contributed by atoms with Crippen molar-refractivity contribution in [3.8, 4) is 11.8 Å². The molecule has 0 saturated heterocycles. The van der Waals surface area contributed by atoms with Gasteiger partial charge in [0.1, 0.15) is 17.4 Å². The third-order valence-electron chi connectivity index (χ3n) is 2.48. The minimum atomic E-state index is -0.890. The number of nitriles is 1. The number of amides is 1. The van der Waals surface area contributed by atoms with Gasteiger partial charge in [0.25, 0.3) is 0 Å². The number of primary amides is 1. The Kier molecular flexibility index (Phi) is 4.60. The number of ether oxygens (including phenoxy) is 1. The van der Waals surface area contributed by atoms with Crippen LogP contribution in [0, 0.1) is 23.0 Å². The van der Waals surface area contributed by atoms with Crippen LogP contribution >= 0.6 is 0 Å². The molecule has 1 amide bonds. The Morgan fingerprint density at radius 1 is 1.50 bits per heavy atom. The number of rotatable bonds is 5. The molecule has 18 heavy (non-hydrogen) atoms. The predicted molar refractivity (Wildman–Crippen MR) is 59.7 cm³/mol. The smallest absolute Gasteiger partial charge is 0.218 e. The second-order valence-corrected chi connectivity index (χ2v) is 3.73. The number of benzene rings is 1. The van der Waals surface area contributed by atoms with E-state index >= 15 is 0 Å². The minimum absolute atomic E-state index is 0.0310. The summed E-state index contributed by atoms with van der Waals surface area (Å²) >= 11 is 0. The summed E-state index contributed by atoms with van der Waals surface area (Å²) in [5.41, 5.74) is 4.69. The molecule has 0 aliphatic heterocycles. The standard InChI is InChI=1S/C12H12F2N2O2/c1-18-8-5-9(13)12(10(14)6-8)7(2-3-15)4-11(16)17/h5-7H,2,4H2,1H3,(H2,16,17). The number of nitrogens with two attached hydrogens (primary N) is 1. The molecule has 0 aliphatic rings. The monoisotopic (exact) mass is 254 g/mol. The van der Waals surface area contributed by atoms with Crippen LogP contribution in [0.4, 0.5) is 8.78 Å². The van der Waals surface area contributed by atoms with Gasteiger partial charge in [-0.2, -0.15) is 5.26 Å². The van der Waals surface area contributed by atoms with Crippen molar-refractivity contribution in [2.24, 2.45) is 5.73 Å². The molecule has 0 saturated carbocycles. The molecule has 96 valence electrons. The van der Waals surface area contributed by atoms with Crippen molar-refractivity contribution >= 4 is 5.91 Å². The molecule has 1 unspecified atom stereocenters. The Morgan fingerprint density at radius 3 is 2.44 bits per heavy atom. The maximum absolute atomic E-state index is 13.7. The molecule has 1 aromatic carbocycles. The van der Waals surface area contributed by atoms with E-state index in [0.717, 1.165) is 12.1 Å². The van der Waals surface area contributed by atoms with Gasteiger partial charge < -0.3 is 10.5 Å². The first-order chi connectivity index (χ1) is 8.49. The van der Waals surface area contributed by atoms with Crippen LogP contribution in [0.2, 0.25) is 0 Å². The van der Waals surface area contributed by atoms with Crippen molar-refractivity contribution < 1.29 is 18.3 Å². The van der Waals surface area contributed by atoms with Gasteiger partial charge in [0, 0.05) is 36.5 Å². The van der Waals surface area contributed by atoms with Gasteiger partial charge in [-0.15, -0.1) is 0 Å². The molecular formula is C12H12F2N2O2. The SMILES string of the molecule is COc1cc(F)c(C(CC#N)CC(N)=O)c(F)c1. The van der Waals surface area contributed by atoms with Gasteiger partial charge >= 0.3 is 0 Å². The zero-order valence-electron chi connectivity index (χ0n) is 9.74. The molecular weight excluding hydrogens is 242 g/mol. The summed E-state index contributed by atoms with van der Waals surface area (Å²) in [6.07, 6.45) is -0.475. The normalized spacial score (nSPS) is 11.7. The topological polar surface area (TPSA) is 76.1 Å². The zero-order valence-corrected chi connectivity index (χ0v) is 9.74. The number of nitrogens with zero attached hydrogens (tertiary/aromatic N) is 1. The predicted octanol–water partition coefficient (Wildman–Crippen LogP) is 1.85. The summed E-state index contributed by atoms with van der Waals surface area (Å²) in [5, 5.41) is 8.62. The third kappa shape index (κ3) is 3.17. The van der Waals surface area contributed by atoms with Crippen LogP contribution in [-0.2, 0) is 4.79 Å². The molecule has 0 bridgehead atoms. The number of carbonyl (C=O) groups excluding carboxylic acids is 1. The van der Waals surface area contributed by atoms with E-state index in [2.05, 4.69) is 0 Å². The summed E-state index contributed by atoms with van der Waals surface area (Å²) in [5.74, 6) is -3.28. The molecule has 0 radical (unpaired) electrons. The van der Waals surface area contributed by atoms with Crippen molar-refractivity contribution in [2.75, 3.05) is 7.11 Å². The number of hydrogen-bond acceptors (Lipinski definition) is 3. The maximum Gasteiger partial charge on any atom is 0.218 e. The van der Waals surface area contributed by atoms with Crippen molar-refractivity contribution in [1.82, 2.24) is 0 Å². The molecule has 0 spiro atoms. The van der Waals surface area contributed by atoms with E-state index in [1.807, 2.05) is 0 Å². The average molecular weight is 254 g/mol. The van der Waals surface area contributed by atoms with Crippen LogP contribution in [0.15, 0.2) is 12.1 Å². The second kappa shape index (κ2) is 5.96. The van der Waals surface area contributed by atoms with Crippen molar-refractivity contribution in [3.05, 3.63) is 29.3 Å². The van der Waals surface area contributed by atoms with E-state index in [4.69, 9.17) is 15.7 Å². The first-order valence-corrected chi connectivity index (χ1v) is 5.17. The fourth-order valence-electron chi connectivity index (χ4n) is 1.70. The van der Waals surface area contributed by atoms with E-state index in [1.54, 1.807) is 6.07 Å². The molecule has 2 N–H and O–H groups in total. The van der Waals surface area contributed by atoms with Crippen molar-refractivity contribution in [2.45, 2.75) is 18.8 Å². The van der Waals surface area contributed by atoms with Gasteiger partial charge in [0.05, 0.1) is 13.2 Å². The van der Waals surface area contributed by atoms with Crippen LogP contribution in [0.5, 0.6) is 5.75 Å². The molecule has 1 rings (SSSR count). The lowest BCUT2D eigenvalue weighted by Crippen LogP contribution is -2.17. The lowest BCUT2D eigenvalue weighted by Gasteiger charge is -2.15. The summed E-state index contributed by atoms with van der Waals surface area (Å²) in [6, 6.07) is 3.79. The van der Waals surface area contributed by atoms with Crippen LogP contribution in [-0.4, -0.2) is 13.0 Å². The van der Waals surface area contributed by atoms with Crippen molar-refractivity contribution in [3.63, 3.8) is 0 Å². The van der Waals surface area contributed by atoms with Gasteiger partial charge in [-0.1, -0.05) is 0 Å². The Morgan fingerprint density at radius 2 is 2.06 bits per heavy atom. The van der Waals surface area contributed by atoms with E-state index in [1.165, 1.54) is 7.11 Å². The van der Waals surface area contributed by atoms with E-state index in [0.29, 0.717) is 0 Å². The summed E-state index contributed by atoms with van der Waals surface area (Å²) in [6.45, 7) is 0. The number of methoxy groups -OCH3 is 1. The second-order valence-electron chi connectivity index (χ2n) is 3.73. The fourth-order valence-corrected chi connectivity index (χ4v) is 1.70. The number of hydrogen-bond donors (Lipinski definition) is 1. The highest BCUT2D eigenvalue weighted by Crippen LogP contribution is 2.30. The van der Waals surface area contributed by atoms with Gasteiger partial charge in [-0.25, -0.2) is 8.78 Å². The fraction of sp³-hybridized carbons (Fsp3) is 0.333. The molecule has 6 heteroatoms. The van der Waals surface area contributed by atoms with Crippen LogP contribution in [0.25, 0.3) is 0 Å². The highest BCUT2D eigenvalue weighted by atomic mass is 19.1. The molecule has 0 aromatic heterocycles. The van der Waals surface area contributed by atoms with Crippen LogP contribution in [0.1, 0.15) is 24.3 Å². The molecule has 1 atom stereocenters. The first kappa shape index (κ1) is 13.9. The molecule has 0 aliphatic carbocycles. The van der Waals surface area contributed by atoms with E-state index < -0.39 is 23.5 Å². The molecule has 0 fully saturated rings. The molecule has 1 aromatic rings. The Labute approximate surface area is 103 Å². The van der Waals surface area contributed by atoms with Gasteiger partial charge in [-0.05, 0) is 0 Å². The first-order valence-electron chi connectivity index (χ1n) is 5.17. The molecule has 4 nitrogen and oxygen atoms in total. The van der Waals surface area contributed by atoms with Crippen LogP contribution < -0.4 is 10.5 Å². The summed E-state index contributed by atoms with van der Waals surface area (Å²) in [4.78, 5) is 10.8. The van der Waals surface area contributed by atoms with E-state index in [9.17, 15) is 13.6 Å². The average Bonchev–Trinajstić information content (AvgIpc) is 2.27.